The average Bonchev–Trinajstić information content (AvgIpc) is 3.37. The standard InChI is InChI=1S/C30H41N3O4/c1-20-27-21(15-18-36-20)7-5-10-26(27)28(30(34)35)33(2)24-13-14-25(19-24)37-17-4-3-9-23-12-11-22-8-6-16-31-29(22)32-23/h5,7,10-12,20,24-25,28H,3-4,6,8-9,13-19H2,1-2H3,(H,31,32)(H,34,35)/t20-,24-,25-,28-/m0/s1. The lowest BCUT2D eigenvalue weighted by Gasteiger charge is -2.34. The van der Waals surface area contributed by atoms with Crippen LogP contribution in [0.25, 0.3) is 0 Å². The van der Waals surface area contributed by atoms with Gasteiger partial charge >= 0.3 is 5.97 Å². The Balaban J connectivity index is 1.11. The molecule has 4 atom stereocenters. The van der Waals surface area contributed by atoms with Crippen LogP contribution in [0.4, 0.5) is 5.82 Å². The summed E-state index contributed by atoms with van der Waals surface area (Å²) in [7, 11) is 1.96. The van der Waals surface area contributed by atoms with E-state index in [0.29, 0.717) is 6.61 Å². The van der Waals surface area contributed by atoms with Crippen molar-refractivity contribution < 1.29 is 19.4 Å². The molecule has 0 radical (unpaired) electrons. The highest BCUT2D eigenvalue weighted by atomic mass is 16.5. The van der Waals surface area contributed by atoms with E-state index in [1.165, 1.54) is 17.5 Å². The number of rotatable bonds is 10. The molecular weight excluding hydrogens is 466 g/mol. The van der Waals surface area contributed by atoms with Gasteiger partial charge in [-0.15, -0.1) is 0 Å². The fourth-order valence-corrected chi connectivity index (χ4v) is 6.36. The molecule has 37 heavy (non-hydrogen) atoms. The van der Waals surface area contributed by atoms with Gasteiger partial charge in [0, 0.05) is 24.9 Å². The van der Waals surface area contributed by atoms with Gasteiger partial charge in [0.1, 0.15) is 11.9 Å². The molecule has 2 N–H and O–H groups in total. The van der Waals surface area contributed by atoms with Gasteiger partial charge in [-0.3, -0.25) is 9.69 Å². The number of aliphatic carboxylic acids is 1. The van der Waals surface area contributed by atoms with Crippen LogP contribution in [0.15, 0.2) is 30.3 Å². The molecule has 0 bridgehead atoms. The fourth-order valence-electron chi connectivity index (χ4n) is 6.36. The first-order valence-electron chi connectivity index (χ1n) is 14.0. The Morgan fingerprint density at radius 3 is 2.97 bits per heavy atom. The van der Waals surface area contributed by atoms with Gasteiger partial charge in [-0.1, -0.05) is 24.3 Å². The van der Waals surface area contributed by atoms with Gasteiger partial charge < -0.3 is 19.9 Å². The van der Waals surface area contributed by atoms with Crippen molar-refractivity contribution in [3.05, 3.63) is 58.3 Å². The van der Waals surface area contributed by atoms with Gasteiger partial charge in [0.25, 0.3) is 0 Å². The summed E-state index contributed by atoms with van der Waals surface area (Å²) in [6.07, 6.45) is 9.10. The molecule has 7 nitrogen and oxygen atoms in total. The molecule has 3 heterocycles. The number of aromatic nitrogens is 1. The van der Waals surface area contributed by atoms with Gasteiger partial charge in [-0.2, -0.15) is 0 Å². The number of fused-ring (bicyclic) bond motifs is 2. The van der Waals surface area contributed by atoms with Gasteiger partial charge in [-0.05, 0) is 100 Å². The Labute approximate surface area is 220 Å². The monoisotopic (exact) mass is 507 g/mol. The summed E-state index contributed by atoms with van der Waals surface area (Å²) in [5.41, 5.74) is 5.63. The second kappa shape index (κ2) is 11.9. The molecule has 0 saturated heterocycles. The summed E-state index contributed by atoms with van der Waals surface area (Å²) < 4.78 is 12.1. The molecule has 7 heteroatoms. The molecular formula is C30H41N3O4. The van der Waals surface area contributed by atoms with Gasteiger partial charge in [0.15, 0.2) is 0 Å². The highest BCUT2D eigenvalue weighted by Crippen LogP contribution is 2.38. The summed E-state index contributed by atoms with van der Waals surface area (Å²) in [4.78, 5) is 19.3. The molecule has 1 aromatic heterocycles. The van der Waals surface area contributed by atoms with Crippen LogP contribution >= 0.6 is 0 Å². The molecule has 1 aromatic carbocycles. The maximum atomic E-state index is 12.5. The summed E-state index contributed by atoms with van der Waals surface area (Å²) in [6, 6.07) is 9.96. The van der Waals surface area contributed by atoms with Crippen LogP contribution < -0.4 is 5.32 Å². The Hall–Kier alpha value is -2.48. The zero-order valence-electron chi connectivity index (χ0n) is 22.2. The van der Waals surface area contributed by atoms with Crippen LogP contribution in [-0.2, 0) is 33.5 Å². The molecule has 200 valence electrons. The zero-order chi connectivity index (χ0) is 25.8. The van der Waals surface area contributed by atoms with Gasteiger partial charge in [-0.25, -0.2) is 4.98 Å². The number of carboxylic acid groups (broad SMARTS) is 1. The highest BCUT2D eigenvalue weighted by Gasteiger charge is 2.37. The van der Waals surface area contributed by atoms with E-state index in [1.807, 2.05) is 26.1 Å². The lowest BCUT2D eigenvalue weighted by Crippen LogP contribution is -2.39. The smallest absolute Gasteiger partial charge is 0.325 e. The van der Waals surface area contributed by atoms with Gasteiger partial charge in [0.05, 0.1) is 18.8 Å². The number of nitrogens with zero attached hydrogens (tertiary/aromatic N) is 2. The van der Waals surface area contributed by atoms with E-state index in [9.17, 15) is 9.90 Å². The lowest BCUT2D eigenvalue weighted by atomic mass is 9.88. The van der Waals surface area contributed by atoms with Crippen molar-refractivity contribution in [3.63, 3.8) is 0 Å². The van der Waals surface area contributed by atoms with Crippen LogP contribution in [0.1, 0.15) is 85.5 Å². The fraction of sp³-hybridized carbons (Fsp3) is 0.600. The number of carbonyl (C=O) groups is 1. The number of aryl methyl sites for hydroxylation is 2. The predicted octanol–water partition coefficient (Wildman–Crippen LogP) is 5.09. The van der Waals surface area contributed by atoms with Crippen LogP contribution in [0.2, 0.25) is 0 Å². The molecule has 0 unspecified atom stereocenters. The maximum Gasteiger partial charge on any atom is 0.325 e. The van der Waals surface area contributed by atoms with E-state index in [-0.39, 0.29) is 18.2 Å². The molecule has 1 aliphatic carbocycles. The molecule has 5 rings (SSSR count). The number of carboxylic acids is 1. The van der Waals surface area contributed by atoms with E-state index < -0.39 is 12.0 Å². The number of ether oxygens (including phenoxy) is 2. The minimum atomic E-state index is -0.802. The van der Waals surface area contributed by atoms with E-state index >= 15 is 0 Å². The molecule has 3 aliphatic rings. The van der Waals surface area contributed by atoms with Crippen LogP contribution in [-0.4, -0.2) is 59.9 Å². The zero-order valence-corrected chi connectivity index (χ0v) is 22.2. The Bertz CT molecular complexity index is 1090. The number of pyridine rings is 1. The molecule has 2 aromatic rings. The minimum Gasteiger partial charge on any atom is -0.480 e. The van der Waals surface area contributed by atoms with Crippen molar-refractivity contribution in [1.82, 2.24) is 9.88 Å². The molecule has 1 saturated carbocycles. The largest absolute Gasteiger partial charge is 0.480 e. The number of hydrogen-bond acceptors (Lipinski definition) is 6. The summed E-state index contributed by atoms with van der Waals surface area (Å²) in [5.74, 6) is 0.266. The Morgan fingerprint density at radius 2 is 2.11 bits per heavy atom. The van der Waals surface area contributed by atoms with E-state index in [4.69, 9.17) is 14.5 Å². The predicted molar refractivity (Wildman–Crippen MR) is 144 cm³/mol. The summed E-state index contributed by atoms with van der Waals surface area (Å²) in [5, 5.41) is 13.7. The Morgan fingerprint density at radius 1 is 1.22 bits per heavy atom. The van der Waals surface area contributed by atoms with Crippen molar-refractivity contribution in [2.45, 2.75) is 89.0 Å². The number of nitrogens with one attached hydrogen (secondary N) is 1. The third-order valence-electron chi connectivity index (χ3n) is 8.38. The Kier molecular flexibility index (Phi) is 8.43. The molecule has 0 spiro atoms. The normalized spacial score (nSPS) is 23.8. The lowest BCUT2D eigenvalue weighted by molar-refractivity contribution is -0.144. The van der Waals surface area contributed by atoms with E-state index in [1.54, 1.807) is 0 Å². The number of anilines is 1. The van der Waals surface area contributed by atoms with Crippen LogP contribution in [0.3, 0.4) is 0 Å². The molecule has 1 fully saturated rings. The minimum absolute atomic E-state index is 0.0809. The van der Waals surface area contributed by atoms with E-state index in [2.05, 4.69) is 28.4 Å². The first-order valence-corrected chi connectivity index (χ1v) is 14.0. The van der Waals surface area contributed by atoms with Crippen molar-refractivity contribution in [2.75, 3.05) is 32.1 Å². The third kappa shape index (κ3) is 6.00. The second-order valence-corrected chi connectivity index (χ2v) is 10.8. The quantitative estimate of drug-likeness (QED) is 0.433. The second-order valence-electron chi connectivity index (χ2n) is 10.8. The van der Waals surface area contributed by atoms with E-state index in [0.717, 1.165) is 87.2 Å². The summed E-state index contributed by atoms with van der Waals surface area (Å²) in [6.45, 7) is 4.48. The van der Waals surface area contributed by atoms with Crippen LogP contribution in [0, 0.1) is 0 Å². The molecule has 0 amide bonds. The van der Waals surface area contributed by atoms with Crippen molar-refractivity contribution in [2.24, 2.45) is 0 Å². The number of likely N-dealkylation sites (N-methyl/N-ethyl adjacent to an activating group) is 1. The number of unbranched alkanes of at least 4 members (excludes halogenated alkanes) is 1. The van der Waals surface area contributed by atoms with Crippen molar-refractivity contribution in [1.29, 1.82) is 0 Å². The van der Waals surface area contributed by atoms with Gasteiger partial charge in [0.2, 0.25) is 0 Å². The number of benzene rings is 1. The topological polar surface area (TPSA) is 83.9 Å². The first-order chi connectivity index (χ1) is 18.0. The summed E-state index contributed by atoms with van der Waals surface area (Å²) >= 11 is 0. The SMILES string of the molecule is C[C@@H]1OCCc2cccc([C@@H](C(=O)O)N(C)[C@H]3CC[C@H](OCCCCc4ccc5c(n4)NCCC5)C3)c21. The highest BCUT2D eigenvalue weighted by molar-refractivity contribution is 5.76. The molecule has 2 aliphatic heterocycles. The third-order valence-corrected chi connectivity index (χ3v) is 8.38. The average molecular weight is 508 g/mol. The van der Waals surface area contributed by atoms with Crippen molar-refractivity contribution >= 4 is 11.8 Å². The maximum absolute atomic E-state index is 12.5. The first kappa shape index (κ1) is 26.1. The number of hydrogen-bond donors (Lipinski definition) is 2. The van der Waals surface area contributed by atoms with Crippen LogP contribution in [0.5, 0.6) is 0 Å². The van der Waals surface area contributed by atoms with Crippen molar-refractivity contribution in [3.8, 4) is 0 Å².